The molecule has 28 heavy (non-hydrogen) atoms. The Kier molecular flexibility index (Phi) is 5.18. The van der Waals surface area contributed by atoms with Crippen molar-refractivity contribution in [2.24, 2.45) is 5.92 Å². The second kappa shape index (κ2) is 7.04. The van der Waals surface area contributed by atoms with Crippen LogP contribution < -0.4 is 5.32 Å². The van der Waals surface area contributed by atoms with Gasteiger partial charge in [0.1, 0.15) is 11.6 Å². The van der Waals surface area contributed by atoms with Crippen molar-refractivity contribution >= 4 is 28.4 Å². The quantitative estimate of drug-likeness (QED) is 0.571. The van der Waals surface area contributed by atoms with E-state index in [-0.39, 0.29) is 31.5 Å². The number of carbonyl (C=O) groups excluding carboxylic acids is 3. The number of alkyl carbamates (subject to hydrolysis) is 1. The molecular weight excluding hydrogens is 396 g/mol. The minimum atomic E-state index is -4.83. The molecule has 158 valence electrons. The van der Waals surface area contributed by atoms with E-state index in [9.17, 15) is 22.8 Å². The molecule has 0 aromatic heterocycles. The van der Waals surface area contributed by atoms with Gasteiger partial charge >= 0.3 is 22.5 Å². The SMILES string of the molecule is CC(C)(C)OC(=O)NCCN1C[C@@H]2C[C@@H]3CN(C(=O)N3OS(=O)(=O)O)[C@@H]2C1=O. The first kappa shape index (κ1) is 20.6. The third kappa shape index (κ3) is 4.31. The lowest BCUT2D eigenvalue weighted by molar-refractivity contribution is -0.131. The molecule has 3 heterocycles. The van der Waals surface area contributed by atoms with Gasteiger partial charge in [0.25, 0.3) is 0 Å². The van der Waals surface area contributed by atoms with Crippen LogP contribution in [-0.2, 0) is 24.2 Å². The van der Waals surface area contributed by atoms with Gasteiger partial charge in [0.2, 0.25) is 5.91 Å². The average Bonchev–Trinajstić information content (AvgIpc) is 2.95. The molecule has 3 atom stereocenters. The molecule has 0 aromatic carbocycles. The molecule has 3 fully saturated rings. The first-order valence-electron chi connectivity index (χ1n) is 8.88. The molecule has 2 bridgehead atoms. The summed E-state index contributed by atoms with van der Waals surface area (Å²) < 4.78 is 40.2. The Hall–Kier alpha value is -2.12. The Bertz CT molecular complexity index is 779. The fourth-order valence-corrected chi connectivity index (χ4v) is 4.26. The van der Waals surface area contributed by atoms with Crippen LogP contribution >= 0.6 is 0 Å². The highest BCUT2D eigenvalue weighted by atomic mass is 32.3. The maximum Gasteiger partial charge on any atom is 0.418 e. The lowest BCUT2D eigenvalue weighted by Gasteiger charge is -2.30. The molecule has 13 heteroatoms. The Balaban J connectivity index is 1.57. The normalized spacial score (nSPS) is 27.3. The Morgan fingerprint density at radius 3 is 2.57 bits per heavy atom. The van der Waals surface area contributed by atoms with Crippen molar-refractivity contribution in [1.29, 1.82) is 0 Å². The number of fused-ring (bicyclic) bond motifs is 4. The number of piperidine rings is 1. The van der Waals surface area contributed by atoms with Gasteiger partial charge in [0, 0.05) is 32.1 Å². The number of nitrogens with zero attached hydrogens (tertiary/aromatic N) is 3. The van der Waals surface area contributed by atoms with Gasteiger partial charge in [-0.3, -0.25) is 9.35 Å². The maximum atomic E-state index is 12.7. The summed E-state index contributed by atoms with van der Waals surface area (Å²) in [7, 11) is -4.83. The van der Waals surface area contributed by atoms with Crippen molar-refractivity contribution in [2.45, 2.75) is 44.9 Å². The number of urea groups is 1. The fraction of sp³-hybridized carbons (Fsp3) is 0.800. The number of ether oxygens (including phenoxy) is 1. The van der Waals surface area contributed by atoms with E-state index in [1.54, 1.807) is 25.7 Å². The molecule has 2 N–H and O–H groups in total. The summed E-state index contributed by atoms with van der Waals surface area (Å²) in [6.07, 6.45) is -0.211. The monoisotopic (exact) mass is 420 g/mol. The average molecular weight is 420 g/mol. The lowest BCUT2D eigenvalue weighted by atomic mass is 9.91. The van der Waals surface area contributed by atoms with Gasteiger partial charge in [0.15, 0.2) is 0 Å². The van der Waals surface area contributed by atoms with E-state index in [0.29, 0.717) is 18.0 Å². The molecule has 0 spiro atoms. The van der Waals surface area contributed by atoms with Gasteiger partial charge in [-0.25, -0.2) is 9.59 Å². The Morgan fingerprint density at radius 1 is 1.29 bits per heavy atom. The molecule has 3 aliphatic rings. The number of likely N-dealkylation sites (tertiary alicyclic amines) is 1. The van der Waals surface area contributed by atoms with Gasteiger partial charge < -0.3 is 19.9 Å². The zero-order chi connectivity index (χ0) is 20.9. The van der Waals surface area contributed by atoms with Crippen molar-refractivity contribution in [2.75, 3.05) is 26.2 Å². The van der Waals surface area contributed by atoms with Crippen LogP contribution in [0.1, 0.15) is 27.2 Å². The molecule has 3 aliphatic heterocycles. The summed E-state index contributed by atoms with van der Waals surface area (Å²) in [5, 5.41) is 3.21. The van der Waals surface area contributed by atoms with E-state index in [1.807, 2.05) is 0 Å². The summed E-state index contributed by atoms with van der Waals surface area (Å²) in [6, 6.07) is -2.04. The van der Waals surface area contributed by atoms with Crippen molar-refractivity contribution < 1.29 is 36.4 Å². The van der Waals surface area contributed by atoms with Crippen LogP contribution in [0.15, 0.2) is 0 Å². The molecule has 0 radical (unpaired) electrons. The van der Waals surface area contributed by atoms with Gasteiger partial charge in [-0.2, -0.15) is 13.5 Å². The highest BCUT2D eigenvalue weighted by Crippen LogP contribution is 2.38. The van der Waals surface area contributed by atoms with Crippen LogP contribution in [-0.4, -0.2) is 89.7 Å². The van der Waals surface area contributed by atoms with E-state index >= 15 is 0 Å². The number of hydroxylamine groups is 2. The fourth-order valence-electron chi connectivity index (χ4n) is 3.87. The van der Waals surface area contributed by atoms with Crippen molar-refractivity contribution in [1.82, 2.24) is 20.2 Å². The topological polar surface area (TPSA) is 146 Å². The summed E-state index contributed by atoms with van der Waals surface area (Å²) in [6.45, 7) is 6.23. The first-order chi connectivity index (χ1) is 12.9. The van der Waals surface area contributed by atoms with Gasteiger partial charge in [-0.1, -0.05) is 0 Å². The summed E-state index contributed by atoms with van der Waals surface area (Å²) in [4.78, 5) is 39.7. The highest BCUT2D eigenvalue weighted by Gasteiger charge is 2.57. The van der Waals surface area contributed by atoms with Gasteiger partial charge in [-0.15, -0.1) is 4.28 Å². The number of hydrogen-bond acceptors (Lipinski definition) is 7. The molecule has 0 saturated carbocycles. The van der Waals surface area contributed by atoms with E-state index < -0.39 is 40.2 Å². The summed E-state index contributed by atoms with van der Waals surface area (Å²) in [5.41, 5.74) is -0.620. The van der Waals surface area contributed by atoms with E-state index in [2.05, 4.69) is 9.60 Å². The first-order valence-corrected chi connectivity index (χ1v) is 10.2. The molecule has 0 aromatic rings. The molecule has 4 amide bonds. The Morgan fingerprint density at radius 2 is 1.96 bits per heavy atom. The third-order valence-corrected chi connectivity index (χ3v) is 5.12. The van der Waals surface area contributed by atoms with Crippen molar-refractivity contribution in [3.8, 4) is 0 Å². The molecular formula is C15H24N4O8S. The van der Waals surface area contributed by atoms with Gasteiger partial charge in [0.05, 0.1) is 6.04 Å². The minimum absolute atomic E-state index is 0.144. The lowest BCUT2D eigenvalue weighted by Crippen LogP contribution is -2.48. The predicted octanol–water partition coefficient (Wildman–Crippen LogP) is -0.418. The second-order valence-electron chi connectivity index (χ2n) is 8.07. The molecule has 3 saturated heterocycles. The van der Waals surface area contributed by atoms with Crippen molar-refractivity contribution in [3.05, 3.63) is 0 Å². The number of nitrogens with one attached hydrogen (secondary N) is 1. The van der Waals surface area contributed by atoms with Crippen LogP contribution in [0.5, 0.6) is 0 Å². The third-order valence-electron chi connectivity index (χ3n) is 4.77. The molecule has 3 rings (SSSR count). The number of rotatable bonds is 5. The zero-order valence-electron chi connectivity index (χ0n) is 15.8. The molecule has 12 nitrogen and oxygen atoms in total. The zero-order valence-corrected chi connectivity index (χ0v) is 16.6. The highest BCUT2D eigenvalue weighted by molar-refractivity contribution is 7.80. The van der Waals surface area contributed by atoms with Crippen LogP contribution in [0, 0.1) is 5.92 Å². The van der Waals surface area contributed by atoms with Crippen LogP contribution in [0.3, 0.4) is 0 Å². The minimum Gasteiger partial charge on any atom is -0.444 e. The van der Waals surface area contributed by atoms with Crippen molar-refractivity contribution in [3.63, 3.8) is 0 Å². The van der Waals surface area contributed by atoms with Gasteiger partial charge in [-0.05, 0) is 27.2 Å². The van der Waals surface area contributed by atoms with Crippen LogP contribution in [0.25, 0.3) is 0 Å². The molecule has 0 unspecified atom stereocenters. The van der Waals surface area contributed by atoms with E-state index in [1.165, 1.54) is 4.90 Å². The largest absolute Gasteiger partial charge is 0.444 e. The predicted molar refractivity (Wildman–Crippen MR) is 93.1 cm³/mol. The number of carbonyl (C=O) groups is 3. The smallest absolute Gasteiger partial charge is 0.418 e. The summed E-state index contributed by atoms with van der Waals surface area (Å²) >= 11 is 0. The Labute approximate surface area is 162 Å². The van der Waals surface area contributed by atoms with E-state index in [0.717, 1.165) is 0 Å². The number of hydrogen-bond donors (Lipinski definition) is 2. The van der Waals surface area contributed by atoms with Crippen LogP contribution in [0.2, 0.25) is 0 Å². The standard InChI is InChI=1S/C15H24N4O8S/c1-15(2,3)26-13(21)16-4-5-17-7-9-6-10-8-18(11(9)12(17)20)14(22)19(10)27-28(23,24)25/h9-11H,4-8H2,1-3H3,(H,16,21)(H,23,24,25)/t9-,10+,11-/m0/s1. The van der Waals surface area contributed by atoms with E-state index in [4.69, 9.17) is 9.29 Å². The second-order valence-corrected chi connectivity index (χ2v) is 9.07. The number of amides is 4. The van der Waals surface area contributed by atoms with Crippen LogP contribution in [0.4, 0.5) is 9.59 Å². The maximum absolute atomic E-state index is 12.7. The molecule has 0 aliphatic carbocycles. The summed E-state index contributed by atoms with van der Waals surface area (Å²) in [5.74, 6) is -0.455.